The molecule has 1 aromatic carbocycles. The Morgan fingerprint density at radius 1 is 1.16 bits per heavy atom. The third-order valence-corrected chi connectivity index (χ3v) is 4.07. The van der Waals surface area contributed by atoms with Crippen LogP contribution in [0.15, 0.2) is 36.4 Å². The standard InChI is InChI=1S/C18H27N/c1-4-9-16-12-6-7-14-18(16)19-15(3)11-8-13-17(19)10-5-2/h6-8,11-12,14-15,17H,4-5,9-10,13H2,1-3H3/t15-,17-/m0/s1. The van der Waals surface area contributed by atoms with Gasteiger partial charge in [0.1, 0.15) is 0 Å². The summed E-state index contributed by atoms with van der Waals surface area (Å²) in [5.41, 5.74) is 2.97. The summed E-state index contributed by atoms with van der Waals surface area (Å²) in [4.78, 5) is 2.65. The Balaban J connectivity index is 2.33. The normalized spacial score (nSPS) is 22.8. The number of hydrogen-bond acceptors (Lipinski definition) is 1. The maximum atomic E-state index is 2.65. The molecule has 19 heavy (non-hydrogen) atoms. The predicted octanol–water partition coefficient (Wildman–Crippen LogP) is 4.96. The van der Waals surface area contributed by atoms with E-state index in [0.717, 1.165) is 0 Å². The monoisotopic (exact) mass is 257 g/mol. The van der Waals surface area contributed by atoms with E-state index in [1.165, 1.54) is 43.4 Å². The molecular formula is C18H27N. The second-order valence-corrected chi connectivity index (χ2v) is 5.63. The topological polar surface area (TPSA) is 3.24 Å². The van der Waals surface area contributed by atoms with Gasteiger partial charge in [-0.1, -0.05) is 57.0 Å². The predicted molar refractivity (Wildman–Crippen MR) is 84.8 cm³/mol. The van der Waals surface area contributed by atoms with Crippen molar-refractivity contribution in [2.75, 3.05) is 4.90 Å². The fourth-order valence-corrected chi connectivity index (χ4v) is 3.22. The van der Waals surface area contributed by atoms with Gasteiger partial charge in [0.05, 0.1) is 0 Å². The molecule has 0 spiro atoms. The van der Waals surface area contributed by atoms with Crippen molar-refractivity contribution < 1.29 is 0 Å². The van der Waals surface area contributed by atoms with Crippen molar-refractivity contribution >= 4 is 5.69 Å². The van der Waals surface area contributed by atoms with Gasteiger partial charge in [-0.2, -0.15) is 0 Å². The van der Waals surface area contributed by atoms with Gasteiger partial charge < -0.3 is 4.90 Å². The molecule has 0 unspecified atom stereocenters. The molecule has 0 fully saturated rings. The van der Waals surface area contributed by atoms with E-state index >= 15 is 0 Å². The number of nitrogens with zero attached hydrogens (tertiary/aromatic N) is 1. The smallest absolute Gasteiger partial charge is 0.0448 e. The lowest BCUT2D eigenvalue weighted by molar-refractivity contribution is 0.507. The van der Waals surface area contributed by atoms with Crippen LogP contribution in [0.3, 0.4) is 0 Å². The Bertz CT molecular complexity index is 421. The number of rotatable bonds is 5. The number of benzene rings is 1. The van der Waals surface area contributed by atoms with E-state index in [-0.39, 0.29) is 0 Å². The highest BCUT2D eigenvalue weighted by Gasteiger charge is 2.25. The number of aryl methyl sites for hydroxylation is 1. The molecule has 0 saturated carbocycles. The zero-order valence-electron chi connectivity index (χ0n) is 12.6. The molecule has 1 aliphatic rings. The third kappa shape index (κ3) is 3.20. The van der Waals surface area contributed by atoms with Crippen molar-refractivity contribution in [3.63, 3.8) is 0 Å². The Kier molecular flexibility index (Phi) is 5.07. The summed E-state index contributed by atoms with van der Waals surface area (Å²) < 4.78 is 0. The Labute approximate surface area is 118 Å². The van der Waals surface area contributed by atoms with Crippen molar-refractivity contribution in [1.82, 2.24) is 0 Å². The van der Waals surface area contributed by atoms with Crippen LogP contribution in [0.4, 0.5) is 5.69 Å². The van der Waals surface area contributed by atoms with Crippen molar-refractivity contribution in [3.8, 4) is 0 Å². The molecule has 0 saturated heterocycles. The van der Waals surface area contributed by atoms with Gasteiger partial charge in [-0.05, 0) is 37.8 Å². The summed E-state index contributed by atoms with van der Waals surface area (Å²) in [6.07, 6.45) is 10.9. The van der Waals surface area contributed by atoms with Crippen LogP contribution in [0.1, 0.15) is 52.0 Å². The molecule has 1 aliphatic heterocycles. The molecule has 1 aromatic rings. The second kappa shape index (κ2) is 6.79. The van der Waals surface area contributed by atoms with Crippen LogP contribution in [-0.4, -0.2) is 12.1 Å². The van der Waals surface area contributed by atoms with Crippen molar-refractivity contribution in [2.45, 2.75) is 65.0 Å². The lowest BCUT2D eigenvalue weighted by Crippen LogP contribution is -2.43. The van der Waals surface area contributed by atoms with Crippen LogP contribution in [0.2, 0.25) is 0 Å². The molecule has 0 aromatic heterocycles. The fourth-order valence-electron chi connectivity index (χ4n) is 3.22. The van der Waals surface area contributed by atoms with Crippen molar-refractivity contribution in [1.29, 1.82) is 0 Å². The fraction of sp³-hybridized carbons (Fsp3) is 0.556. The highest BCUT2D eigenvalue weighted by Crippen LogP contribution is 2.31. The largest absolute Gasteiger partial charge is 0.362 e. The minimum atomic E-state index is 0.517. The van der Waals surface area contributed by atoms with Crippen LogP contribution >= 0.6 is 0 Å². The number of anilines is 1. The average molecular weight is 257 g/mol. The van der Waals surface area contributed by atoms with Gasteiger partial charge in [0.25, 0.3) is 0 Å². The summed E-state index contributed by atoms with van der Waals surface area (Å²) in [5, 5.41) is 0. The lowest BCUT2D eigenvalue weighted by Gasteiger charge is -2.41. The van der Waals surface area contributed by atoms with Crippen LogP contribution < -0.4 is 4.90 Å². The molecule has 0 N–H and O–H groups in total. The first-order chi connectivity index (χ1) is 9.27. The van der Waals surface area contributed by atoms with Gasteiger partial charge in [-0.25, -0.2) is 0 Å². The molecule has 2 rings (SSSR count). The summed E-state index contributed by atoms with van der Waals surface area (Å²) in [7, 11) is 0. The van der Waals surface area contributed by atoms with E-state index in [2.05, 4.69) is 62.1 Å². The molecule has 1 heterocycles. The van der Waals surface area contributed by atoms with Crippen LogP contribution in [0, 0.1) is 0 Å². The summed E-state index contributed by atoms with van der Waals surface area (Å²) in [5.74, 6) is 0. The Morgan fingerprint density at radius 2 is 1.95 bits per heavy atom. The van der Waals surface area contributed by atoms with E-state index in [0.29, 0.717) is 12.1 Å². The molecule has 2 atom stereocenters. The Hall–Kier alpha value is -1.24. The third-order valence-electron chi connectivity index (χ3n) is 4.07. The lowest BCUT2D eigenvalue weighted by atomic mass is 9.96. The van der Waals surface area contributed by atoms with E-state index in [1.807, 2.05) is 0 Å². The summed E-state index contributed by atoms with van der Waals surface area (Å²) >= 11 is 0. The molecule has 1 nitrogen and oxygen atoms in total. The number of hydrogen-bond donors (Lipinski definition) is 0. The highest BCUT2D eigenvalue weighted by atomic mass is 15.2. The first-order valence-electron chi connectivity index (χ1n) is 7.80. The maximum Gasteiger partial charge on any atom is 0.0448 e. The Morgan fingerprint density at radius 3 is 2.68 bits per heavy atom. The zero-order valence-corrected chi connectivity index (χ0v) is 12.6. The molecule has 0 aliphatic carbocycles. The second-order valence-electron chi connectivity index (χ2n) is 5.63. The van der Waals surface area contributed by atoms with Gasteiger partial charge in [-0.15, -0.1) is 0 Å². The molecule has 0 radical (unpaired) electrons. The van der Waals surface area contributed by atoms with Crippen molar-refractivity contribution in [3.05, 3.63) is 42.0 Å². The van der Waals surface area contributed by atoms with Crippen molar-refractivity contribution in [2.24, 2.45) is 0 Å². The van der Waals surface area contributed by atoms with Crippen LogP contribution in [0.25, 0.3) is 0 Å². The van der Waals surface area contributed by atoms with Crippen LogP contribution in [0.5, 0.6) is 0 Å². The minimum Gasteiger partial charge on any atom is -0.362 e. The molecule has 0 amide bonds. The van der Waals surface area contributed by atoms with E-state index < -0.39 is 0 Å². The molecule has 0 bridgehead atoms. The van der Waals surface area contributed by atoms with Gasteiger partial charge in [0.2, 0.25) is 0 Å². The van der Waals surface area contributed by atoms with E-state index in [4.69, 9.17) is 0 Å². The van der Waals surface area contributed by atoms with Crippen LogP contribution in [-0.2, 0) is 6.42 Å². The molecule has 1 heteroatoms. The first kappa shape index (κ1) is 14.2. The molecular weight excluding hydrogens is 230 g/mol. The van der Waals surface area contributed by atoms with Gasteiger partial charge in [0.15, 0.2) is 0 Å². The van der Waals surface area contributed by atoms with Gasteiger partial charge >= 0.3 is 0 Å². The first-order valence-corrected chi connectivity index (χ1v) is 7.80. The zero-order chi connectivity index (χ0) is 13.7. The summed E-state index contributed by atoms with van der Waals surface area (Å²) in [6.45, 7) is 6.88. The molecule has 104 valence electrons. The van der Waals surface area contributed by atoms with Gasteiger partial charge in [-0.3, -0.25) is 0 Å². The summed E-state index contributed by atoms with van der Waals surface area (Å²) in [6, 6.07) is 10.2. The quantitative estimate of drug-likeness (QED) is 0.674. The van der Waals surface area contributed by atoms with E-state index in [1.54, 1.807) is 0 Å². The SMILES string of the molecule is CCCc1ccccc1N1[C@@H](CCC)CC=C[C@@H]1C. The van der Waals surface area contributed by atoms with E-state index in [9.17, 15) is 0 Å². The highest BCUT2D eigenvalue weighted by molar-refractivity contribution is 5.56. The minimum absolute atomic E-state index is 0.517. The average Bonchev–Trinajstić information content (AvgIpc) is 2.41. The number of para-hydroxylation sites is 1. The maximum absolute atomic E-state index is 2.65. The van der Waals surface area contributed by atoms with Gasteiger partial charge in [0, 0.05) is 17.8 Å².